The molecule has 0 unspecified atom stereocenters. The number of phenolic OH excluding ortho intramolecular Hbond substituents is 1. The lowest BCUT2D eigenvalue weighted by molar-refractivity contribution is -0.118. The first kappa shape index (κ1) is 23.4. The second kappa shape index (κ2) is 10.6. The van der Waals surface area contributed by atoms with Crippen LogP contribution in [0.5, 0.6) is 5.75 Å². The Bertz CT molecular complexity index is 770. The second-order valence-electron chi connectivity index (χ2n) is 6.29. The minimum absolute atomic E-state index is 0.0302. The van der Waals surface area contributed by atoms with Crippen LogP contribution in [0, 0.1) is 5.92 Å². The van der Waals surface area contributed by atoms with Gasteiger partial charge in [-0.3, -0.25) is 9.59 Å². The third-order valence-electron chi connectivity index (χ3n) is 3.93. The van der Waals surface area contributed by atoms with Crippen molar-refractivity contribution in [1.29, 1.82) is 0 Å². The number of aromatic hydroxyl groups is 1. The molecule has 0 saturated carbocycles. The largest absolute Gasteiger partial charge is 0.512 e. The van der Waals surface area contributed by atoms with Gasteiger partial charge in [0, 0.05) is 48.5 Å². The van der Waals surface area contributed by atoms with E-state index in [2.05, 4.69) is 5.32 Å². The van der Waals surface area contributed by atoms with Gasteiger partial charge in [0.2, 0.25) is 11.0 Å². The first-order chi connectivity index (χ1) is 13.0. The minimum Gasteiger partial charge on any atom is -0.512 e. The maximum Gasteiger partial charge on any atom is 0.218 e. The number of carbonyl (C=O) groups excluding carboxylic acids is 2. The first-order valence-electron chi connectivity index (χ1n) is 8.52. The molecule has 0 fully saturated rings. The molecule has 0 aliphatic rings. The average Bonchev–Trinajstić information content (AvgIpc) is 2.61. The third kappa shape index (κ3) is 7.16. The molecule has 28 heavy (non-hydrogen) atoms. The van der Waals surface area contributed by atoms with Gasteiger partial charge in [-0.2, -0.15) is 0 Å². The van der Waals surface area contributed by atoms with Crippen molar-refractivity contribution < 1.29 is 30.0 Å². The summed E-state index contributed by atoms with van der Waals surface area (Å²) >= 11 is 0.923. The maximum atomic E-state index is 12.0. The van der Waals surface area contributed by atoms with E-state index in [0.29, 0.717) is 17.9 Å². The van der Waals surface area contributed by atoms with E-state index in [4.69, 9.17) is 5.73 Å². The number of nitrogens with one attached hydrogen (secondary N) is 1. The molecule has 0 saturated heterocycles. The van der Waals surface area contributed by atoms with Crippen LogP contribution >= 0.6 is 11.8 Å². The van der Waals surface area contributed by atoms with Gasteiger partial charge in [0.1, 0.15) is 17.3 Å². The van der Waals surface area contributed by atoms with Crippen LogP contribution in [0.2, 0.25) is 0 Å². The van der Waals surface area contributed by atoms with Crippen molar-refractivity contribution in [2.45, 2.75) is 26.9 Å². The van der Waals surface area contributed by atoms with Gasteiger partial charge in [-0.25, -0.2) is 0 Å². The molecule has 1 aromatic rings. The van der Waals surface area contributed by atoms with Crippen LogP contribution in [-0.4, -0.2) is 43.7 Å². The number of allylic oxidation sites excluding steroid dienone is 1. The van der Waals surface area contributed by atoms with Crippen LogP contribution in [0.1, 0.15) is 32.4 Å². The topological polar surface area (TPSA) is 153 Å². The lowest BCUT2D eigenvalue weighted by atomic mass is 9.94. The van der Waals surface area contributed by atoms with Gasteiger partial charge in [-0.05, 0) is 24.6 Å². The Morgan fingerprint density at radius 1 is 1.25 bits per heavy atom. The highest BCUT2D eigenvalue weighted by molar-refractivity contribution is 8.14. The standard InChI is InChI=1S/C19H26N2O6S/c1-10(18(26)13-6-14(20)8-15(23)7-13)16(24)9-17(25)11(2)19(27)28-5-4-21-12(3)22/h6-10,18,23-26H,4-5,20H2,1-3H3,(H,21,22)/b16-9-,17-11-/t10-,18-/m0/s1. The molecule has 0 aromatic heterocycles. The summed E-state index contributed by atoms with van der Waals surface area (Å²) in [6, 6.07) is 4.11. The molecule has 0 spiro atoms. The van der Waals surface area contributed by atoms with Crippen molar-refractivity contribution in [3.8, 4) is 5.75 Å². The normalized spacial score (nSPS) is 14.8. The summed E-state index contributed by atoms with van der Waals surface area (Å²) in [4.78, 5) is 22.8. The van der Waals surface area contributed by atoms with Crippen LogP contribution in [0.15, 0.2) is 41.4 Å². The molecule has 9 heteroatoms. The van der Waals surface area contributed by atoms with E-state index in [9.17, 15) is 30.0 Å². The number of aliphatic hydroxyl groups is 3. The summed E-state index contributed by atoms with van der Waals surface area (Å²) < 4.78 is 0. The van der Waals surface area contributed by atoms with Crippen LogP contribution < -0.4 is 11.1 Å². The van der Waals surface area contributed by atoms with E-state index in [1.54, 1.807) is 0 Å². The second-order valence-corrected chi connectivity index (χ2v) is 7.36. The number of hydrogen-bond donors (Lipinski definition) is 6. The number of phenols is 1. The zero-order chi connectivity index (χ0) is 21.4. The van der Waals surface area contributed by atoms with E-state index < -0.39 is 22.9 Å². The number of nitrogen functional groups attached to an aromatic ring is 1. The fourth-order valence-electron chi connectivity index (χ4n) is 2.24. The molecule has 1 amide bonds. The van der Waals surface area contributed by atoms with Gasteiger partial charge in [0.25, 0.3) is 0 Å². The number of thioether (sulfide) groups is 1. The summed E-state index contributed by atoms with van der Waals surface area (Å²) in [6.45, 7) is 4.61. The van der Waals surface area contributed by atoms with Gasteiger partial charge in [-0.1, -0.05) is 18.7 Å². The Hall–Kier alpha value is -2.65. The SMILES string of the molecule is CC(=O)NCCSC(=O)/C(C)=C(O)/C=C(\O)[C@H](C)[C@H](O)c1cc(N)cc(O)c1. The van der Waals surface area contributed by atoms with Crippen molar-refractivity contribution in [2.75, 3.05) is 18.0 Å². The number of anilines is 1. The molecule has 0 aliphatic carbocycles. The molecular formula is C19H26N2O6S. The summed E-state index contributed by atoms with van der Waals surface area (Å²) in [5, 5.41) is 42.4. The van der Waals surface area contributed by atoms with Crippen molar-refractivity contribution >= 4 is 28.5 Å². The van der Waals surface area contributed by atoms with E-state index in [-0.39, 0.29) is 28.7 Å². The molecule has 0 bridgehead atoms. The molecule has 1 aromatic carbocycles. The molecule has 8 nitrogen and oxygen atoms in total. The summed E-state index contributed by atoms with van der Waals surface area (Å²) in [5.41, 5.74) is 6.22. The van der Waals surface area contributed by atoms with Crippen LogP contribution in [0.3, 0.4) is 0 Å². The van der Waals surface area contributed by atoms with Crippen molar-refractivity contribution in [2.24, 2.45) is 5.92 Å². The Labute approximate surface area is 167 Å². The van der Waals surface area contributed by atoms with Crippen molar-refractivity contribution in [1.82, 2.24) is 5.32 Å². The molecule has 1 rings (SSSR count). The lowest BCUT2D eigenvalue weighted by Crippen LogP contribution is -2.22. The van der Waals surface area contributed by atoms with Gasteiger partial charge >= 0.3 is 0 Å². The Balaban J connectivity index is 2.84. The van der Waals surface area contributed by atoms with E-state index >= 15 is 0 Å². The zero-order valence-corrected chi connectivity index (χ0v) is 16.8. The Morgan fingerprint density at radius 3 is 2.46 bits per heavy atom. The Morgan fingerprint density at radius 2 is 1.89 bits per heavy atom. The molecule has 0 aliphatic heterocycles. The van der Waals surface area contributed by atoms with Gasteiger partial charge < -0.3 is 31.5 Å². The predicted octanol–water partition coefficient (Wildman–Crippen LogP) is 2.31. The molecule has 2 atom stereocenters. The summed E-state index contributed by atoms with van der Waals surface area (Å²) in [7, 11) is 0. The molecule has 7 N–H and O–H groups in total. The van der Waals surface area contributed by atoms with Crippen molar-refractivity contribution in [3.05, 3.63) is 46.9 Å². The highest BCUT2D eigenvalue weighted by Crippen LogP contribution is 2.30. The third-order valence-corrected chi connectivity index (χ3v) is 4.90. The number of benzene rings is 1. The summed E-state index contributed by atoms with van der Waals surface area (Å²) in [5.74, 6) is -1.58. The summed E-state index contributed by atoms with van der Waals surface area (Å²) in [6.07, 6.45) is -0.191. The van der Waals surface area contributed by atoms with Crippen molar-refractivity contribution in [3.63, 3.8) is 0 Å². The predicted molar refractivity (Wildman–Crippen MR) is 109 cm³/mol. The molecule has 154 valence electrons. The highest BCUT2D eigenvalue weighted by Gasteiger charge is 2.22. The van der Waals surface area contributed by atoms with E-state index in [0.717, 1.165) is 17.8 Å². The number of carbonyl (C=O) groups is 2. The Kier molecular flexibility index (Phi) is 8.87. The molecule has 0 radical (unpaired) electrons. The first-order valence-corrected chi connectivity index (χ1v) is 9.51. The van der Waals surface area contributed by atoms with E-state index in [1.165, 1.54) is 39.0 Å². The number of nitrogens with two attached hydrogens (primary N) is 1. The fraction of sp³-hybridized carbons (Fsp3) is 0.368. The molecule has 0 heterocycles. The highest BCUT2D eigenvalue weighted by atomic mass is 32.2. The van der Waals surface area contributed by atoms with Crippen LogP contribution in [0.25, 0.3) is 0 Å². The van der Waals surface area contributed by atoms with Crippen LogP contribution in [-0.2, 0) is 9.59 Å². The zero-order valence-electron chi connectivity index (χ0n) is 16.0. The number of hydrogen-bond acceptors (Lipinski definition) is 8. The van der Waals surface area contributed by atoms with Crippen LogP contribution in [0.4, 0.5) is 5.69 Å². The quantitative estimate of drug-likeness (QED) is 0.125. The smallest absolute Gasteiger partial charge is 0.218 e. The number of aliphatic hydroxyl groups excluding tert-OH is 3. The van der Waals surface area contributed by atoms with E-state index in [1.807, 2.05) is 0 Å². The minimum atomic E-state index is -1.19. The van der Waals surface area contributed by atoms with Gasteiger partial charge in [0.05, 0.1) is 6.10 Å². The number of rotatable bonds is 8. The molecular weight excluding hydrogens is 384 g/mol. The monoisotopic (exact) mass is 410 g/mol. The maximum absolute atomic E-state index is 12.0. The fourth-order valence-corrected chi connectivity index (χ4v) is 2.95. The lowest BCUT2D eigenvalue weighted by Gasteiger charge is -2.19. The average molecular weight is 410 g/mol. The van der Waals surface area contributed by atoms with Gasteiger partial charge in [-0.15, -0.1) is 0 Å². The number of amides is 1. The van der Waals surface area contributed by atoms with Gasteiger partial charge in [0.15, 0.2) is 0 Å².